The Bertz CT molecular complexity index is 312. The van der Waals surface area contributed by atoms with Crippen LogP contribution in [0.2, 0.25) is 0 Å². The minimum absolute atomic E-state index is 0.0454. The van der Waals surface area contributed by atoms with Crippen molar-refractivity contribution < 1.29 is 4.79 Å². The number of carbonyl (C=O) groups excluding carboxylic acids is 1. The number of hydrogen-bond donors (Lipinski definition) is 0. The van der Waals surface area contributed by atoms with Crippen LogP contribution < -0.4 is 0 Å². The van der Waals surface area contributed by atoms with Crippen LogP contribution in [0.15, 0.2) is 0 Å². The number of aldehydes is 1. The second-order valence-corrected chi connectivity index (χ2v) is 7.25. The van der Waals surface area contributed by atoms with Gasteiger partial charge in [-0.05, 0) is 32.1 Å². The SMILES string of the molecule is CCC(C)N1CCN(CC2(C=O)CCCC(C)C2)CC1. The van der Waals surface area contributed by atoms with Gasteiger partial charge >= 0.3 is 0 Å². The Balaban J connectivity index is 1.86. The first kappa shape index (κ1) is 16.0. The molecule has 0 spiro atoms. The van der Waals surface area contributed by atoms with Crippen LogP contribution in [0, 0.1) is 11.3 Å². The molecule has 116 valence electrons. The molecule has 1 saturated heterocycles. The van der Waals surface area contributed by atoms with Crippen LogP contribution in [-0.4, -0.2) is 54.9 Å². The molecule has 3 nitrogen and oxygen atoms in total. The molecule has 1 heterocycles. The van der Waals surface area contributed by atoms with Crippen molar-refractivity contribution in [3.8, 4) is 0 Å². The van der Waals surface area contributed by atoms with Gasteiger partial charge in [0.15, 0.2) is 0 Å². The first-order chi connectivity index (χ1) is 9.58. The molecule has 0 aromatic rings. The normalized spacial score (nSPS) is 34.9. The van der Waals surface area contributed by atoms with E-state index in [4.69, 9.17) is 0 Å². The molecule has 0 aromatic carbocycles. The summed E-state index contributed by atoms with van der Waals surface area (Å²) in [6.45, 7) is 12.5. The van der Waals surface area contributed by atoms with Gasteiger partial charge in [-0.15, -0.1) is 0 Å². The molecule has 1 aliphatic heterocycles. The fourth-order valence-corrected chi connectivity index (χ4v) is 4.05. The molecule has 2 fully saturated rings. The summed E-state index contributed by atoms with van der Waals surface area (Å²) in [5.41, 5.74) is -0.0454. The van der Waals surface area contributed by atoms with E-state index in [0.29, 0.717) is 6.04 Å². The Kier molecular flexibility index (Phi) is 5.62. The summed E-state index contributed by atoms with van der Waals surface area (Å²) < 4.78 is 0. The maximum Gasteiger partial charge on any atom is 0.127 e. The van der Waals surface area contributed by atoms with Crippen LogP contribution in [0.4, 0.5) is 0 Å². The maximum absolute atomic E-state index is 11.7. The van der Waals surface area contributed by atoms with Crippen molar-refractivity contribution in [1.82, 2.24) is 9.80 Å². The Morgan fingerprint density at radius 1 is 1.30 bits per heavy atom. The zero-order valence-electron chi connectivity index (χ0n) is 13.6. The summed E-state index contributed by atoms with van der Waals surface area (Å²) >= 11 is 0. The molecule has 20 heavy (non-hydrogen) atoms. The van der Waals surface area contributed by atoms with E-state index in [1.165, 1.54) is 38.6 Å². The summed E-state index contributed by atoms with van der Waals surface area (Å²) in [6.07, 6.45) is 7.25. The fraction of sp³-hybridized carbons (Fsp3) is 0.941. The smallest absolute Gasteiger partial charge is 0.127 e. The van der Waals surface area contributed by atoms with Gasteiger partial charge in [0.25, 0.3) is 0 Å². The highest BCUT2D eigenvalue weighted by molar-refractivity contribution is 5.60. The summed E-state index contributed by atoms with van der Waals surface area (Å²) in [4.78, 5) is 16.8. The summed E-state index contributed by atoms with van der Waals surface area (Å²) in [6, 6.07) is 0.701. The molecule has 0 N–H and O–H groups in total. The third-order valence-corrected chi connectivity index (χ3v) is 5.54. The monoisotopic (exact) mass is 280 g/mol. The molecule has 3 atom stereocenters. The lowest BCUT2D eigenvalue weighted by molar-refractivity contribution is -0.120. The largest absolute Gasteiger partial charge is 0.303 e. The van der Waals surface area contributed by atoms with E-state index < -0.39 is 0 Å². The molecule has 3 heteroatoms. The maximum atomic E-state index is 11.7. The van der Waals surface area contributed by atoms with Crippen LogP contribution in [0.25, 0.3) is 0 Å². The van der Waals surface area contributed by atoms with Crippen molar-refractivity contribution in [2.24, 2.45) is 11.3 Å². The van der Waals surface area contributed by atoms with Crippen molar-refractivity contribution in [1.29, 1.82) is 0 Å². The zero-order valence-corrected chi connectivity index (χ0v) is 13.6. The van der Waals surface area contributed by atoms with E-state index in [-0.39, 0.29) is 5.41 Å². The molecule has 1 aliphatic carbocycles. The van der Waals surface area contributed by atoms with Gasteiger partial charge in [0.1, 0.15) is 6.29 Å². The van der Waals surface area contributed by atoms with E-state index >= 15 is 0 Å². The van der Waals surface area contributed by atoms with Crippen LogP contribution in [0.1, 0.15) is 52.9 Å². The quantitative estimate of drug-likeness (QED) is 0.724. The van der Waals surface area contributed by atoms with Gasteiger partial charge in [0.05, 0.1) is 0 Å². The number of hydrogen-bond acceptors (Lipinski definition) is 3. The zero-order chi connectivity index (χ0) is 14.6. The van der Waals surface area contributed by atoms with Crippen molar-refractivity contribution >= 4 is 6.29 Å². The van der Waals surface area contributed by atoms with Crippen molar-refractivity contribution in [3.05, 3.63) is 0 Å². The first-order valence-electron chi connectivity index (χ1n) is 8.51. The minimum atomic E-state index is -0.0454. The Morgan fingerprint density at radius 3 is 2.55 bits per heavy atom. The van der Waals surface area contributed by atoms with Crippen LogP contribution in [0.3, 0.4) is 0 Å². The van der Waals surface area contributed by atoms with Gasteiger partial charge in [-0.25, -0.2) is 0 Å². The predicted molar refractivity (Wildman–Crippen MR) is 83.9 cm³/mol. The molecular weight excluding hydrogens is 248 g/mol. The molecule has 0 amide bonds. The number of piperazine rings is 1. The van der Waals surface area contributed by atoms with Crippen molar-refractivity contribution in [2.45, 2.75) is 58.9 Å². The van der Waals surface area contributed by atoms with Crippen molar-refractivity contribution in [3.63, 3.8) is 0 Å². The first-order valence-corrected chi connectivity index (χ1v) is 8.51. The molecular formula is C17H32N2O. The van der Waals surface area contributed by atoms with Crippen LogP contribution in [0.5, 0.6) is 0 Å². The third kappa shape index (κ3) is 3.82. The average Bonchev–Trinajstić information content (AvgIpc) is 2.47. The number of rotatable bonds is 5. The fourth-order valence-electron chi connectivity index (χ4n) is 4.05. The number of carbonyl (C=O) groups is 1. The predicted octanol–water partition coefficient (Wildman–Crippen LogP) is 2.80. The van der Waals surface area contributed by atoms with E-state index in [9.17, 15) is 4.79 Å². The Hall–Kier alpha value is -0.410. The van der Waals surface area contributed by atoms with Gasteiger partial charge in [0.2, 0.25) is 0 Å². The topological polar surface area (TPSA) is 23.6 Å². The number of nitrogens with zero attached hydrogens (tertiary/aromatic N) is 2. The van der Waals surface area contributed by atoms with E-state index in [1.54, 1.807) is 0 Å². The second-order valence-electron chi connectivity index (χ2n) is 7.25. The lowest BCUT2D eigenvalue weighted by Gasteiger charge is -2.43. The molecule has 3 unspecified atom stereocenters. The molecule has 0 aromatic heterocycles. The van der Waals surface area contributed by atoms with Crippen molar-refractivity contribution in [2.75, 3.05) is 32.7 Å². The van der Waals surface area contributed by atoms with Gasteiger partial charge in [-0.1, -0.05) is 26.7 Å². The van der Waals surface area contributed by atoms with Gasteiger partial charge < -0.3 is 4.79 Å². The molecule has 2 aliphatic rings. The average molecular weight is 280 g/mol. The standard InChI is InChI=1S/C17H32N2O/c1-4-16(3)19-10-8-18(9-11-19)13-17(14-20)7-5-6-15(2)12-17/h14-16H,4-13H2,1-3H3. The summed E-state index contributed by atoms with van der Waals surface area (Å²) in [7, 11) is 0. The highest BCUT2D eigenvalue weighted by Gasteiger charge is 2.37. The Labute approximate surface area is 124 Å². The third-order valence-electron chi connectivity index (χ3n) is 5.54. The second kappa shape index (κ2) is 7.04. The van der Waals surface area contributed by atoms with Gasteiger partial charge in [-0.2, -0.15) is 0 Å². The van der Waals surface area contributed by atoms with Crippen LogP contribution in [-0.2, 0) is 4.79 Å². The minimum Gasteiger partial charge on any atom is -0.303 e. The summed E-state index contributed by atoms with van der Waals surface area (Å²) in [5, 5.41) is 0. The molecule has 2 rings (SSSR count). The van der Waals surface area contributed by atoms with E-state index in [0.717, 1.165) is 38.4 Å². The summed E-state index contributed by atoms with van der Waals surface area (Å²) in [5.74, 6) is 0.718. The molecule has 1 saturated carbocycles. The lowest BCUT2D eigenvalue weighted by Crippen LogP contribution is -2.52. The molecule has 0 bridgehead atoms. The van der Waals surface area contributed by atoms with E-state index in [2.05, 4.69) is 30.6 Å². The van der Waals surface area contributed by atoms with E-state index in [1.807, 2.05) is 0 Å². The Morgan fingerprint density at radius 2 is 2.00 bits per heavy atom. The molecule has 0 radical (unpaired) electrons. The lowest BCUT2D eigenvalue weighted by atomic mass is 9.70. The van der Waals surface area contributed by atoms with Gasteiger partial charge in [-0.3, -0.25) is 9.80 Å². The van der Waals surface area contributed by atoms with Gasteiger partial charge in [0, 0.05) is 44.2 Å². The van der Waals surface area contributed by atoms with Crippen LogP contribution >= 0.6 is 0 Å². The highest BCUT2D eigenvalue weighted by atomic mass is 16.1. The highest BCUT2D eigenvalue weighted by Crippen LogP contribution is 2.38.